The van der Waals surface area contributed by atoms with E-state index >= 15 is 0 Å². The zero-order valence-corrected chi connectivity index (χ0v) is 9.25. The number of nitrogens with one attached hydrogen (secondary N) is 2. The molecule has 0 spiro atoms. The van der Waals surface area contributed by atoms with Crippen molar-refractivity contribution in [2.45, 2.75) is 6.54 Å². The maximum atomic E-state index is 11.2. The van der Waals surface area contributed by atoms with Crippen molar-refractivity contribution in [2.24, 2.45) is 5.73 Å². The van der Waals surface area contributed by atoms with Crippen molar-refractivity contribution < 1.29 is 9.59 Å². The molecule has 0 atom stereocenters. The first kappa shape index (κ1) is 12.3. The number of primary amides is 1. The van der Waals surface area contributed by atoms with Crippen molar-refractivity contribution in [1.82, 2.24) is 10.6 Å². The molecule has 0 saturated heterocycles. The maximum absolute atomic E-state index is 11.2. The molecule has 4 N–H and O–H groups in total. The number of benzene rings is 1. The topological polar surface area (TPSA) is 84.2 Å². The minimum absolute atomic E-state index is 0.139. The third-order valence-corrected chi connectivity index (χ3v) is 2.23. The van der Waals surface area contributed by atoms with Gasteiger partial charge in [-0.3, -0.25) is 4.79 Å². The van der Waals surface area contributed by atoms with E-state index in [0.29, 0.717) is 11.6 Å². The van der Waals surface area contributed by atoms with Crippen molar-refractivity contribution in [1.29, 1.82) is 0 Å². The lowest BCUT2D eigenvalue weighted by Gasteiger charge is -2.06. The van der Waals surface area contributed by atoms with Gasteiger partial charge in [-0.25, -0.2) is 4.79 Å². The Morgan fingerprint density at radius 1 is 1.25 bits per heavy atom. The lowest BCUT2D eigenvalue weighted by molar-refractivity contribution is -0.120. The molecule has 5 nitrogen and oxygen atoms in total. The van der Waals surface area contributed by atoms with Gasteiger partial charge in [0.15, 0.2) is 0 Å². The molecule has 6 heteroatoms. The van der Waals surface area contributed by atoms with Gasteiger partial charge in [0.2, 0.25) is 5.91 Å². The first-order valence-electron chi connectivity index (χ1n) is 4.63. The minimum Gasteiger partial charge on any atom is -0.352 e. The zero-order chi connectivity index (χ0) is 12.0. The highest BCUT2D eigenvalue weighted by Crippen LogP contribution is 2.13. The Morgan fingerprint density at radius 3 is 2.56 bits per heavy atom. The maximum Gasteiger partial charge on any atom is 0.312 e. The summed E-state index contributed by atoms with van der Waals surface area (Å²) >= 11 is 5.89. The van der Waals surface area contributed by atoms with E-state index in [-0.39, 0.29) is 12.5 Å². The zero-order valence-electron chi connectivity index (χ0n) is 8.50. The van der Waals surface area contributed by atoms with Crippen LogP contribution in [-0.2, 0) is 11.3 Å². The monoisotopic (exact) mass is 241 g/mol. The first-order valence-corrected chi connectivity index (χ1v) is 5.01. The van der Waals surface area contributed by atoms with Gasteiger partial charge in [0.25, 0.3) is 0 Å². The summed E-state index contributed by atoms with van der Waals surface area (Å²) in [6.07, 6.45) is 0. The van der Waals surface area contributed by atoms with Crippen molar-refractivity contribution in [3.63, 3.8) is 0 Å². The van der Waals surface area contributed by atoms with Gasteiger partial charge < -0.3 is 16.4 Å². The third-order valence-electron chi connectivity index (χ3n) is 1.86. The molecule has 1 aromatic rings. The Morgan fingerprint density at radius 2 is 1.94 bits per heavy atom. The standard InChI is InChI=1S/C10H12ClN3O2/c11-8-4-2-1-3-7(8)5-13-9(15)6-14-10(12)16/h1-4H,5-6H2,(H,13,15)(H3,12,14,16). The van der Waals surface area contributed by atoms with E-state index in [0.717, 1.165) is 5.56 Å². The van der Waals surface area contributed by atoms with Crippen molar-refractivity contribution in [2.75, 3.05) is 6.54 Å². The molecule has 86 valence electrons. The molecule has 0 heterocycles. The molecule has 0 aliphatic carbocycles. The average Bonchev–Trinajstić information content (AvgIpc) is 2.25. The van der Waals surface area contributed by atoms with E-state index in [1.165, 1.54) is 0 Å². The molecular weight excluding hydrogens is 230 g/mol. The molecule has 0 unspecified atom stereocenters. The number of urea groups is 1. The number of nitrogens with two attached hydrogens (primary N) is 1. The second-order valence-corrected chi connectivity index (χ2v) is 3.49. The molecule has 3 amide bonds. The summed E-state index contributed by atoms with van der Waals surface area (Å²) in [6, 6.07) is 6.46. The first-order chi connectivity index (χ1) is 7.59. The quantitative estimate of drug-likeness (QED) is 0.722. The van der Waals surface area contributed by atoms with Crippen LogP contribution in [0.3, 0.4) is 0 Å². The predicted octanol–water partition coefficient (Wildman–Crippen LogP) is 0.625. The summed E-state index contributed by atoms with van der Waals surface area (Å²) in [5.41, 5.74) is 5.64. The van der Waals surface area contributed by atoms with Crippen LogP contribution in [0.5, 0.6) is 0 Å². The van der Waals surface area contributed by atoms with Crippen LogP contribution >= 0.6 is 11.6 Å². The fraction of sp³-hybridized carbons (Fsp3) is 0.200. The largest absolute Gasteiger partial charge is 0.352 e. The second-order valence-electron chi connectivity index (χ2n) is 3.09. The van der Waals surface area contributed by atoms with E-state index < -0.39 is 6.03 Å². The second kappa shape index (κ2) is 5.97. The smallest absolute Gasteiger partial charge is 0.312 e. The fourth-order valence-electron chi connectivity index (χ4n) is 1.07. The highest BCUT2D eigenvalue weighted by molar-refractivity contribution is 6.31. The van der Waals surface area contributed by atoms with E-state index in [4.69, 9.17) is 17.3 Å². The van der Waals surface area contributed by atoms with Crippen LogP contribution in [0.2, 0.25) is 5.02 Å². The molecule has 0 aromatic heterocycles. The molecule has 0 aliphatic rings. The number of carbonyl (C=O) groups is 2. The third kappa shape index (κ3) is 4.18. The average molecular weight is 242 g/mol. The van der Waals surface area contributed by atoms with E-state index in [2.05, 4.69) is 10.6 Å². The Labute approximate surface area is 98.0 Å². The van der Waals surface area contributed by atoms with Gasteiger partial charge in [0, 0.05) is 11.6 Å². The summed E-state index contributed by atoms with van der Waals surface area (Å²) in [4.78, 5) is 21.5. The fourth-order valence-corrected chi connectivity index (χ4v) is 1.27. The van der Waals surface area contributed by atoms with Crippen LogP contribution in [0.15, 0.2) is 24.3 Å². The number of amides is 3. The van der Waals surface area contributed by atoms with E-state index in [1.807, 2.05) is 18.2 Å². The molecule has 0 saturated carbocycles. The molecule has 1 rings (SSSR count). The SMILES string of the molecule is NC(=O)NCC(=O)NCc1ccccc1Cl. The Bertz CT molecular complexity index is 395. The van der Waals surface area contributed by atoms with Crippen molar-refractivity contribution >= 4 is 23.5 Å². The minimum atomic E-state index is -0.729. The highest BCUT2D eigenvalue weighted by atomic mass is 35.5. The van der Waals surface area contributed by atoms with Crippen LogP contribution in [0, 0.1) is 0 Å². The molecule has 0 bridgehead atoms. The summed E-state index contributed by atoms with van der Waals surface area (Å²) in [7, 11) is 0. The van der Waals surface area contributed by atoms with Gasteiger partial charge in [0.05, 0.1) is 6.54 Å². The van der Waals surface area contributed by atoms with E-state index in [1.54, 1.807) is 6.07 Å². The molecule has 0 radical (unpaired) electrons. The van der Waals surface area contributed by atoms with Crippen LogP contribution in [0.25, 0.3) is 0 Å². The van der Waals surface area contributed by atoms with Crippen LogP contribution in [-0.4, -0.2) is 18.5 Å². The highest BCUT2D eigenvalue weighted by Gasteiger charge is 2.03. The van der Waals surface area contributed by atoms with Gasteiger partial charge in [0.1, 0.15) is 0 Å². The van der Waals surface area contributed by atoms with Gasteiger partial charge in [-0.2, -0.15) is 0 Å². The van der Waals surface area contributed by atoms with E-state index in [9.17, 15) is 9.59 Å². The summed E-state index contributed by atoms with van der Waals surface area (Å²) in [5, 5.41) is 5.38. The molecular formula is C10H12ClN3O2. The molecule has 1 aromatic carbocycles. The van der Waals surface area contributed by atoms with Gasteiger partial charge in [-0.15, -0.1) is 0 Å². The summed E-state index contributed by atoms with van der Waals surface area (Å²) < 4.78 is 0. The summed E-state index contributed by atoms with van der Waals surface area (Å²) in [5.74, 6) is -0.321. The Kier molecular flexibility index (Phi) is 4.60. The van der Waals surface area contributed by atoms with Gasteiger partial charge in [-0.1, -0.05) is 29.8 Å². The molecule has 16 heavy (non-hydrogen) atoms. The van der Waals surface area contributed by atoms with Crippen LogP contribution in [0.1, 0.15) is 5.56 Å². The molecule has 0 aliphatic heterocycles. The lowest BCUT2D eigenvalue weighted by Crippen LogP contribution is -2.39. The normalized spacial score (nSPS) is 9.56. The van der Waals surface area contributed by atoms with Crippen molar-refractivity contribution in [3.8, 4) is 0 Å². The van der Waals surface area contributed by atoms with Gasteiger partial charge >= 0.3 is 6.03 Å². The number of rotatable bonds is 4. The van der Waals surface area contributed by atoms with Crippen molar-refractivity contribution in [3.05, 3.63) is 34.9 Å². The van der Waals surface area contributed by atoms with Crippen LogP contribution in [0.4, 0.5) is 4.79 Å². The Balaban J connectivity index is 2.37. The lowest BCUT2D eigenvalue weighted by atomic mass is 10.2. The van der Waals surface area contributed by atoms with Gasteiger partial charge in [-0.05, 0) is 11.6 Å². The number of hydrogen-bond donors (Lipinski definition) is 3. The Hall–Kier alpha value is -1.75. The van der Waals surface area contributed by atoms with Crippen LogP contribution < -0.4 is 16.4 Å². The summed E-state index contributed by atoms with van der Waals surface area (Å²) in [6.45, 7) is 0.179. The number of halogens is 1. The number of carbonyl (C=O) groups excluding carboxylic acids is 2. The predicted molar refractivity (Wildman–Crippen MR) is 60.9 cm³/mol. The number of hydrogen-bond acceptors (Lipinski definition) is 2. The molecule has 0 fully saturated rings.